The summed E-state index contributed by atoms with van der Waals surface area (Å²) in [4.78, 5) is 10.4. The summed E-state index contributed by atoms with van der Waals surface area (Å²) in [6.07, 6.45) is 4.49. The quantitative estimate of drug-likeness (QED) is 0.475. The van der Waals surface area contributed by atoms with Gasteiger partial charge in [-0.3, -0.25) is 0 Å². The fraction of sp³-hybridized carbons (Fsp3) is 0.571. The van der Waals surface area contributed by atoms with Crippen molar-refractivity contribution in [1.29, 1.82) is 0 Å². The van der Waals surface area contributed by atoms with Crippen molar-refractivity contribution in [3.8, 4) is 0 Å². The average Bonchev–Trinajstić information content (AvgIpc) is 2.34. The molecule has 0 fully saturated rings. The molecule has 1 rings (SSSR count). The summed E-state index contributed by atoms with van der Waals surface area (Å²) in [6, 6.07) is -0.511. The number of urea groups is 1. The zero-order valence-electron chi connectivity index (χ0n) is 6.16. The first-order chi connectivity index (χ1) is 5.22. The number of aliphatic hydroxyl groups excluding tert-OH is 1. The number of nitrogens with two attached hydrogens (primary N) is 1. The Morgan fingerprint density at radius 1 is 1.73 bits per heavy atom. The summed E-state index contributed by atoms with van der Waals surface area (Å²) in [5.74, 6) is 0.173. The molecule has 4 heteroatoms. The highest BCUT2D eigenvalue weighted by molar-refractivity contribution is 5.72. The molecule has 62 valence electrons. The van der Waals surface area contributed by atoms with Crippen LogP contribution in [0.5, 0.6) is 0 Å². The maximum Gasteiger partial charge on any atom is 0.312 e. The van der Waals surface area contributed by atoms with Gasteiger partial charge in [0.25, 0.3) is 0 Å². The van der Waals surface area contributed by atoms with Crippen LogP contribution in [0.2, 0.25) is 0 Å². The molecule has 2 unspecified atom stereocenters. The smallest absolute Gasteiger partial charge is 0.312 e. The molecule has 4 N–H and O–H groups in total. The molecular weight excluding hydrogens is 144 g/mol. The lowest BCUT2D eigenvalue weighted by Crippen LogP contribution is -2.36. The maximum absolute atomic E-state index is 10.4. The molecule has 0 aromatic heterocycles. The lowest BCUT2D eigenvalue weighted by Gasteiger charge is -2.09. The number of amides is 2. The molecular formula is C7H12N2O2. The van der Waals surface area contributed by atoms with Crippen LogP contribution in [0.25, 0.3) is 0 Å². The topological polar surface area (TPSA) is 75.4 Å². The zero-order valence-corrected chi connectivity index (χ0v) is 6.16. The van der Waals surface area contributed by atoms with Crippen LogP contribution in [0, 0.1) is 5.92 Å². The molecule has 0 saturated carbocycles. The number of primary amides is 1. The van der Waals surface area contributed by atoms with E-state index in [1.54, 1.807) is 0 Å². The number of nitrogens with one attached hydrogen (secondary N) is 1. The zero-order chi connectivity index (χ0) is 8.27. The maximum atomic E-state index is 10.4. The molecule has 0 radical (unpaired) electrons. The normalized spacial score (nSPS) is 28.8. The van der Waals surface area contributed by atoms with Crippen LogP contribution in [0.1, 0.15) is 6.42 Å². The van der Waals surface area contributed by atoms with Gasteiger partial charge in [0.1, 0.15) is 0 Å². The summed E-state index contributed by atoms with van der Waals surface area (Å²) in [7, 11) is 0. The Labute approximate surface area is 65.1 Å². The third-order valence-electron chi connectivity index (χ3n) is 1.73. The molecule has 0 aromatic rings. The lowest BCUT2D eigenvalue weighted by atomic mass is 10.1. The third-order valence-corrected chi connectivity index (χ3v) is 1.73. The van der Waals surface area contributed by atoms with Crippen LogP contribution in [0.3, 0.4) is 0 Å². The molecule has 11 heavy (non-hydrogen) atoms. The highest BCUT2D eigenvalue weighted by atomic mass is 16.3. The summed E-state index contributed by atoms with van der Waals surface area (Å²) in [5, 5.41) is 11.3. The fourth-order valence-corrected chi connectivity index (χ4v) is 1.20. The van der Waals surface area contributed by atoms with Gasteiger partial charge in [0.05, 0.1) is 0 Å². The molecule has 0 spiro atoms. The van der Waals surface area contributed by atoms with E-state index in [9.17, 15) is 4.79 Å². The van der Waals surface area contributed by atoms with Gasteiger partial charge in [-0.15, -0.1) is 0 Å². The van der Waals surface area contributed by atoms with Gasteiger partial charge in [-0.2, -0.15) is 0 Å². The van der Waals surface area contributed by atoms with Crippen LogP contribution >= 0.6 is 0 Å². The second kappa shape index (κ2) is 3.39. The second-order valence-corrected chi connectivity index (χ2v) is 2.68. The number of hydrogen-bond donors (Lipinski definition) is 3. The van der Waals surface area contributed by atoms with Gasteiger partial charge >= 0.3 is 6.03 Å². The first-order valence-electron chi connectivity index (χ1n) is 3.57. The number of hydrogen-bond acceptors (Lipinski definition) is 2. The molecule has 0 aromatic carbocycles. The van der Waals surface area contributed by atoms with Crippen molar-refractivity contribution in [3.63, 3.8) is 0 Å². The van der Waals surface area contributed by atoms with Gasteiger partial charge in [-0.1, -0.05) is 12.2 Å². The van der Waals surface area contributed by atoms with Crippen molar-refractivity contribution in [3.05, 3.63) is 12.2 Å². The SMILES string of the molecule is NC(=O)NC1C=CC(CO)C1. The van der Waals surface area contributed by atoms with Crippen LogP contribution in [0.15, 0.2) is 12.2 Å². The van der Waals surface area contributed by atoms with E-state index in [1.165, 1.54) is 0 Å². The van der Waals surface area contributed by atoms with E-state index in [0.29, 0.717) is 0 Å². The van der Waals surface area contributed by atoms with Gasteiger partial charge in [-0.25, -0.2) is 4.79 Å². The van der Waals surface area contributed by atoms with Gasteiger partial charge in [0, 0.05) is 18.6 Å². The molecule has 2 amide bonds. The van der Waals surface area contributed by atoms with E-state index in [2.05, 4.69) is 5.32 Å². The predicted molar refractivity (Wildman–Crippen MR) is 40.8 cm³/mol. The molecule has 0 aliphatic heterocycles. The molecule has 0 bridgehead atoms. The van der Waals surface area contributed by atoms with Crippen molar-refractivity contribution in [2.24, 2.45) is 11.7 Å². The largest absolute Gasteiger partial charge is 0.396 e. The fourth-order valence-electron chi connectivity index (χ4n) is 1.20. The van der Waals surface area contributed by atoms with E-state index in [0.717, 1.165) is 6.42 Å². The van der Waals surface area contributed by atoms with Crippen LogP contribution < -0.4 is 11.1 Å². The summed E-state index contributed by atoms with van der Waals surface area (Å²) >= 11 is 0. The van der Waals surface area contributed by atoms with Crippen molar-refractivity contribution < 1.29 is 9.90 Å². The Bertz CT molecular complexity index is 179. The molecule has 4 nitrogen and oxygen atoms in total. The minimum atomic E-state index is -0.516. The molecule has 2 atom stereocenters. The Morgan fingerprint density at radius 2 is 2.45 bits per heavy atom. The van der Waals surface area contributed by atoms with Gasteiger partial charge in [0.2, 0.25) is 0 Å². The van der Waals surface area contributed by atoms with E-state index < -0.39 is 6.03 Å². The highest BCUT2D eigenvalue weighted by Crippen LogP contribution is 2.16. The van der Waals surface area contributed by atoms with Gasteiger partial charge in [-0.05, 0) is 6.42 Å². The van der Waals surface area contributed by atoms with E-state index in [1.807, 2.05) is 12.2 Å². The van der Waals surface area contributed by atoms with Crippen molar-refractivity contribution in [2.45, 2.75) is 12.5 Å². The van der Waals surface area contributed by atoms with Gasteiger partial charge in [0.15, 0.2) is 0 Å². The van der Waals surface area contributed by atoms with Gasteiger partial charge < -0.3 is 16.2 Å². The molecule has 1 aliphatic carbocycles. The first kappa shape index (κ1) is 8.07. The lowest BCUT2D eigenvalue weighted by molar-refractivity contribution is 0.236. The number of aliphatic hydroxyl groups is 1. The summed E-state index contributed by atoms with van der Waals surface area (Å²) in [5.41, 5.74) is 4.91. The number of carbonyl (C=O) groups is 1. The number of rotatable bonds is 2. The molecule has 0 heterocycles. The van der Waals surface area contributed by atoms with Crippen molar-refractivity contribution >= 4 is 6.03 Å². The summed E-state index contributed by atoms with van der Waals surface area (Å²) in [6.45, 7) is 0.132. The Kier molecular flexibility index (Phi) is 2.48. The first-order valence-corrected chi connectivity index (χ1v) is 3.57. The van der Waals surface area contributed by atoms with Crippen LogP contribution in [-0.4, -0.2) is 23.8 Å². The standard InChI is InChI=1S/C7H12N2O2/c8-7(11)9-6-2-1-5(3-6)4-10/h1-2,5-6,10H,3-4H2,(H3,8,9,11). The minimum absolute atomic E-state index is 0.00431. The van der Waals surface area contributed by atoms with Crippen molar-refractivity contribution in [1.82, 2.24) is 5.32 Å². The van der Waals surface area contributed by atoms with E-state index in [4.69, 9.17) is 10.8 Å². The second-order valence-electron chi connectivity index (χ2n) is 2.68. The highest BCUT2D eigenvalue weighted by Gasteiger charge is 2.18. The van der Waals surface area contributed by atoms with Crippen LogP contribution in [-0.2, 0) is 0 Å². The van der Waals surface area contributed by atoms with E-state index >= 15 is 0 Å². The Balaban J connectivity index is 2.32. The van der Waals surface area contributed by atoms with E-state index in [-0.39, 0.29) is 18.6 Å². The molecule has 0 saturated heterocycles. The monoisotopic (exact) mass is 156 g/mol. The summed E-state index contributed by atoms with van der Waals surface area (Å²) < 4.78 is 0. The van der Waals surface area contributed by atoms with Crippen LogP contribution in [0.4, 0.5) is 4.79 Å². The Hall–Kier alpha value is -1.03. The molecule has 1 aliphatic rings. The number of carbonyl (C=O) groups excluding carboxylic acids is 1. The Morgan fingerprint density at radius 3 is 2.91 bits per heavy atom. The minimum Gasteiger partial charge on any atom is -0.396 e. The average molecular weight is 156 g/mol. The predicted octanol–water partition coefficient (Wildman–Crippen LogP) is -0.408. The third kappa shape index (κ3) is 2.23. The van der Waals surface area contributed by atoms with Crippen molar-refractivity contribution in [2.75, 3.05) is 6.61 Å².